The monoisotopic (exact) mass is 414 g/mol. The summed E-state index contributed by atoms with van der Waals surface area (Å²) in [5.41, 5.74) is 0.0480. The molecule has 0 bridgehead atoms. The lowest BCUT2D eigenvalue weighted by molar-refractivity contribution is -0.142. The average Bonchev–Trinajstić information content (AvgIpc) is 3.30. The Balaban J connectivity index is 0.00000225. The Morgan fingerprint density at radius 3 is 2.46 bits per heavy atom. The predicted octanol–water partition coefficient (Wildman–Crippen LogP) is 3.89. The number of carbonyl (C=O) groups is 1. The summed E-state index contributed by atoms with van der Waals surface area (Å²) in [6, 6.07) is 7.20. The molecule has 2 atom stereocenters. The van der Waals surface area contributed by atoms with Crippen LogP contribution in [0.25, 0.3) is 5.69 Å². The third-order valence-corrected chi connectivity index (χ3v) is 5.48. The van der Waals surface area contributed by atoms with Crippen molar-refractivity contribution in [3.8, 4) is 5.69 Å². The molecule has 5 nitrogen and oxygen atoms in total. The van der Waals surface area contributed by atoms with Gasteiger partial charge in [0.2, 0.25) is 5.91 Å². The number of rotatable bonds is 4. The molecule has 2 aromatic rings. The summed E-state index contributed by atoms with van der Waals surface area (Å²) in [7, 11) is 0. The molecule has 1 aliphatic heterocycles. The van der Waals surface area contributed by atoms with Gasteiger partial charge in [-0.25, -0.2) is 4.68 Å². The maximum absolute atomic E-state index is 13.0. The van der Waals surface area contributed by atoms with Crippen LogP contribution in [-0.2, 0) is 11.0 Å². The smallest absolute Gasteiger partial charge is 0.326 e. The van der Waals surface area contributed by atoms with E-state index in [1.54, 1.807) is 12.1 Å². The number of anilines is 1. The van der Waals surface area contributed by atoms with Gasteiger partial charge in [0.1, 0.15) is 5.69 Å². The van der Waals surface area contributed by atoms with Gasteiger partial charge in [-0.2, -0.15) is 18.3 Å². The van der Waals surface area contributed by atoms with Crippen molar-refractivity contribution in [1.29, 1.82) is 0 Å². The molecule has 0 spiro atoms. The number of amides is 1. The lowest BCUT2D eigenvalue weighted by atomic mass is 9.92. The number of piperidine rings is 1. The maximum Gasteiger partial charge on any atom is 0.433 e. The molecule has 1 saturated carbocycles. The van der Waals surface area contributed by atoms with Crippen molar-refractivity contribution in [1.82, 2.24) is 15.1 Å². The molecule has 4 rings (SSSR count). The van der Waals surface area contributed by atoms with Crippen LogP contribution in [0.1, 0.15) is 25.0 Å². The maximum atomic E-state index is 13.0. The van der Waals surface area contributed by atoms with E-state index in [1.165, 1.54) is 12.1 Å². The van der Waals surface area contributed by atoms with Crippen molar-refractivity contribution >= 4 is 24.0 Å². The van der Waals surface area contributed by atoms with Crippen molar-refractivity contribution < 1.29 is 18.0 Å². The number of halogens is 4. The summed E-state index contributed by atoms with van der Waals surface area (Å²) in [5.74, 6) is 1.13. The Morgan fingerprint density at radius 2 is 1.82 bits per heavy atom. The van der Waals surface area contributed by atoms with Crippen LogP contribution < -0.4 is 10.6 Å². The summed E-state index contributed by atoms with van der Waals surface area (Å²) < 4.78 is 39.8. The van der Waals surface area contributed by atoms with E-state index in [-0.39, 0.29) is 24.2 Å². The average molecular weight is 415 g/mol. The van der Waals surface area contributed by atoms with Crippen molar-refractivity contribution in [3.05, 3.63) is 42.2 Å². The van der Waals surface area contributed by atoms with Crippen LogP contribution in [0.3, 0.4) is 0 Å². The van der Waals surface area contributed by atoms with Crippen molar-refractivity contribution in [2.24, 2.45) is 17.8 Å². The van der Waals surface area contributed by atoms with Crippen LogP contribution in [-0.4, -0.2) is 28.8 Å². The normalized spacial score (nSPS) is 22.4. The van der Waals surface area contributed by atoms with E-state index in [2.05, 4.69) is 15.7 Å². The summed E-state index contributed by atoms with van der Waals surface area (Å²) >= 11 is 0. The number of benzene rings is 1. The van der Waals surface area contributed by atoms with Gasteiger partial charge in [-0.1, -0.05) is 0 Å². The third kappa shape index (κ3) is 4.33. The Kier molecular flexibility index (Phi) is 6.00. The lowest BCUT2D eigenvalue weighted by Crippen LogP contribution is -2.29. The van der Waals surface area contributed by atoms with Crippen molar-refractivity contribution in [2.45, 2.75) is 25.4 Å². The van der Waals surface area contributed by atoms with Gasteiger partial charge in [-0.15, -0.1) is 12.4 Å². The lowest BCUT2D eigenvalue weighted by Gasteiger charge is -2.22. The van der Waals surface area contributed by atoms with E-state index >= 15 is 0 Å². The van der Waals surface area contributed by atoms with Crippen LogP contribution in [0.5, 0.6) is 0 Å². The van der Waals surface area contributed by atoms with Gasteiger partial charge in [0, 0.05) is 11.6 Å². The fraction of sp³-hybridized carbons (Fsp3) is 0.474. The van der Waals surface area contributed by atoms with Crippen LogP contribution in [0, 0.1) is 17.8 Å². The Bertz CT molecular complexity index is 815. The van der Waals surface area contributed by atoms with Gasteiger partial charge >= 0.3 is 6.18 Å². The zero-order valence-electron chi connectivity index (χ0n) is 15.1. The van der Waals surface area contributed by atoms with Crippen LogP contribution in [0.2, 0.25) is 0 Å². The van der Waals surface area contributed by atoms with E-state index in [1.807, 2.05) is 0 Å². The molecular formula is C19H22ClF3N4O. The minimum atomic E-state index is -4.47. The van der Waals surface area contributed by atoms with E-state index in [0.29, 0.717) is 23.2 Å². The van der Waals surface area contributed by atoms with Gasteiger partial charge in [0.05, 0.1) is 11.9 Å². The van der Waals surface area contributed by atoms with Gasteiger partial charge in [-0.05, 0) is 74.5 Å². The molecule has 1 aliphatic carbocycles. The highest BCUT2D eigenvalue weighted by Gasteiger charge is 2.47. The first-order valence-electron chi connectivity index (χ1n) is 9.17. The number of alkyl halides is 3. The first kappa shape index (κ1) is 20.7. The van der Waals surface area contributed by atoms with Crippen LogP contribution in [0.15, 0.2) is 36.5 Å². The number of nitrogens with zero attached hydrogens (tertiary/aromatic N) is 2. The second-order valence-corrected chi connectivity index (χ2v) is 7.26. The predicted molar refractivity (Wildman–Crippen MR) is 102 cm³/mol. The highest BCUT2D eigenvalue weighted by atomic mass is 35.5. The Hall–Kier alpha value is -2.06. The summed E-state index contributed by atoms with van der Waals surface area (Å²) in [6.45, 7) is 2.04. The van der Waals surface area contributed by atoms with Crippen molar-refractivity contribution in [2.75, 3.05) is 18.4 Å². The molecule has 9 heteroatoms. The highest BCUT2D eigenvalue weighted by Crippen LogP contribution is 2.47. The Morgan fingerprint density at radius 1 is 1.14 bits per heavy atom. The second kappa shape index (κ2) is 8.13. The molecule has 2 N–H and O–H groups in total. The van der Waals surface area contributed by atoms with E-state index in [4.69, 9.17) is 0 Å². The molecule has 2 aliphatic rings. The molecule has 1 aromatic carbocycles. The van der Waals surface area contributed by atoms with Gasteiger partial charge in [0.25, 0.3) is 0 Å². The molecule has 1 aromatic heterocycles. The number of aromatic nitrogens is 2. The first-order chi connectivity index (χ1) is 12.9. The zero-order valence-corrected chi connectivity index (χ0v) is 15.9. The molecule has 152 valence electrons. The fourth-order valence-corrected chi connectivity index (χ4v) is 3.95. The minimum Gasteiger partial charge on any atom is -0.326 e. The summed E-state index contributed by atoms with van der Waals surface area (Å²) in [4.78, 5) is 12.4. The zero-order chi connectivity index (χ0) is 19.0. The SMILES string of the molecule is Cl.O=C(Nc1ccc(-n2nccc2C(F)(F)F)cc1)[C@@H]1C[C@H]1C1CCNCC1. The number of hydrogen-bond donors (Lipinski definition) is 2. The van der Waals surface area contributed by atoms with E-state index in [9.17, 15) is 18.0 Å². The number of hydrogen-bond acceptors (Lipinski definition) is 3. The van der Waals surface area contributed by atoms with E-state index < -0.39 is 11.9 Å². The molecule has 28 heavy (non-hydrogen) atoms. The van der Waals surface area contributed by atoms with Crippen LogP contribution in [0.4, 0.5) is 18.9 Å². The second-order valence-electron chi connectivity index (χ2n) is 7.26. The van der Waals surface area contributed by atoms with Crippen LogP contribution >= 0.6 is 12.4 Å². The first-order valence-corrected chi connectivity index (χ1v) is 9.17. The Labute approximate surface area is 167 Å². The van der Waals surface area contributed by atoms with Gasteiger partial charge < -0.3 is 10.6 Å². The molecule has 2 fully saturated rings. The quantitative estimate of drug-likeness (QED) is 0.798. The summed E-state index contributed by atoms with van der Waals surface area (Å²) in [5, 5.41) is 9.96. The largest absolute Gasteiger partial charge is 0.433 e. The van der Waals surface area contributed by atoms with Crippen molar-refractivity contribution in [3.63, 3.8) is 0 Å². The fourth-order valence-electron chi connectivity index (χ4n) is 3.95. The molecule has 2 heterocycles. The summed E-state index contributed by atoms with van der Waals surface area (Å²) in [6.07, 6.45) is -0.189. The molecule has 0 unspecified atom stereocenters. The van der Waals surface area contributed by atoms with Gasteiger partial charge in [0.15, 0.2) is 0 Å². The standard InChI is InChI=1S/C19H21F3N4O.ClH/c20-19(21,22)17-7-10-24-26(17)14-3-1-13(2-4-14)25-18(27)16-11-15(16)12-5-8-23-9-6-12;/h1-4,7,10,12,15-16,23H,5-6,8-9,11H2,(H,25,27);1H/t15-,16+;/m0./s1. The number of carbonyl (C=O) groups excluding carboxylic acids is 1. The third-order valence-electron chi connectivity index (χ3n) is 5.48. The van der Waals surface area contributed by atoms with Gasteiger partial charge in [-0.3, -0.25) is 4.79 Å². The topological polar surface area (TPSA) is 59.0 Å². The number of nitrogens with one attached hydrogen (secondary N) is 2. The molecular weight excluding hydrogens is 393 g/mol. The van der Waals surface area contributed by atoms with E-state index in [0.717, 1.165) is 49.3 Å². The minimum absolute atomic E-state index is 0. The molecule has 1 saturated heterocycles. The molecule has 1 amide bonds. The molecule has 0 radical (unpaired) electrons. The highest BCUT2D eigenvalue weighted by molar-refractivity contribution is 5.94.